The molecule has 0 radical (unpaired) electrons. The summed E-state index contributed by atoms with van der Waals surface area (Å²) in [6.45, 7) is 3.07. The van der Waals surface area contributed by atoms with E-state index in [9.17, 15) is 0 Å². The molecule has 0 bridgehead atoms. The quantitative estimate of drug-likeness (QED) is 0.808. The molecule has 1 aliphatic heterocycles. The van der Waals surface area contributed by atoms with Gasteiger partial charge in [-0.05, 0) is 42.2 Å². The summed E-state index contributed by atoms with van der Waals surface area (Å²) in [6, 6.07) is 14.5. The van der Waals surface area contributed by atoms with Gasteiger partial charge in [-0.1, -0.05) is 30.3 Å². The zero-order chi connectivity index (χ0) is 16.2. The molecule has 1 atom stereocenters. The molecule has 0 saturated heterocycles. The molecule has 0 saturated carbocycles. The summed E-state index contributed by atoms with van der Waals surface area (Å²) >= 11 is 0. The highest BCUT2D eigenvalue weighted by molar-refractivity contribution is 5.79. The molecule has 0 unspecified atom stereocenters. The Kier molecular flexibility index (Phi) is 4.51. The van der Waals surface area contributed by atoms with Gasteiger partial charge in [-0.2, -0.15) is 5.10 Å². The maximum Gasteiger partial charge on any atom is 0.161 e. The van der Waals surface area contributed by atoms with E-state index < -0.39 is 0 Å². The lowest BCUT2D eigenvalue weighted by atomic mass is 9.94. The topological polar surface area (TPSA) is 34.1 Å². The van der Waals surface area contributed by atoms with Gasteiger partial charge < -0.3 is 9.47 Å². The molecule has 4 heteroatoms. The third-order valence-corrected chi connectivity index (χ3v) is 4.31. The van der Waals surface area contributed by atoms with Crippen LogP contribution >= 0.6 is 0 Å². The average molecular weight is 310 g/mol. The number of hydrogen-bond acceptors (Lipinski definition) is 4. The maximum atomic E-state index is 5.43. The minimum Gasteiger partial charge on any atom is -0.493 e. The van der Waals surface area contributed by atoms with Crippen LogP contribution in [0.2, 0.25) is 0 Å². The predicted molar refractivity (Wildman–Crippen MR) is 92.4 cm³/mol. The van der Waals surface area contributed by atoms with Crippen LogP contribution in [0.25, 0.3) is 0 Å². The molecule has 120 valence electrons. The second-order valence-corrected chi connectivity index (χ2v) is 5.65. The van der Waals surface area contributed by atoms with Gasteiger partial charge in [-0.15, -0.1) is 0 Å². The molecule has 2 aromatic carbocycles. The minimum atomic E-state index is 0.207. The Morgan fingerprint density at radius 2 is 1.78 bits per heavy atom. The van der Waals surface area contributed by atoms with Gasteiger partial charge >= 0.3 is 0 Å². The molecule has 0 fully saturated rings. The number of benzene rings is 2. The van der Waals surface area contributed by atoms with E-state index in [1.165, 1.54) is 11.1 Å². The lowest BCUT2D eigenvalue weighted by molar-refractivity contribution is 0.208. The number of rotatable bonds is 4. The van der Waals surface area contributed by atoms with Gasteiger partial charge in [0.25, 0.3) is 0 Å². The molecular formula is C19H22N2O2. The van der Waals surface area contributed by atoms with Crippen molar-refractivity contribution in [3.63, 3.8) is 0 Å². The third-order valence-electron chi connectivity index (χ3n) is 4.31. The Morgan fingerprint density at radius 1 is 1.09 bits per heavy atom. The van der Waals surface area contributed by atoms with Crippen LogP contribution in [0.15, 0.2) is 47.6 Å². The van der Waals surface area contributed by atoms with Gasteiger partial charge in [-0.25, -0.2) is 0 Å². The molecule has 0 spiro atoms. The van der Waals surface area contributed by atoms with E-state index in [1.54, 1.807) is 14.2 Å². The third kappa shape index (κ3) is 3.16. The number of hydrazone groups is 1. The standard InChI is InChI=1S/C19H22N2O2/c1-14-17-12-19(23-3)18(22-2)11-16(17)9-10-21(14)20-13-15-7-5-4-6-8-15/h4-8,11-14H,9-10H2,1-3H3/b20-13-/t14-/m1/s1. The molecular weight excluding hydrogens is 288 g/mol. The van der Waals surface area contributed by atoms with Gasteiger partial charge in [0.1, 0.15) is 0 Å². The first kappa shape index (κ1) is 15.4. The number of nitrogens with zero attached hydrogens (tertiary/aromatic N) is 2. The first-order valence-electron chi connectivity index (χ1n) is 7.83. The van der Waals surface area contributed by atoms with Crippen molar-refractivity contribution in [2.24, 2.45) is 5.10 Å². The Hall–Kier alpha value is -2.49. The summed E-state index contributed by atoms with van der Waals surface area (Å²) in [6.07, 6.45) is 2.87. The van der Waals surface area contributed by atoms with Crippen LogP contribution in [0, 0.1) is 0 Å². The van der Waals surface area contributed by atoms with E-state index in [0.717, 1.165) is 30.0 Å². The highest BCUT2D eigenvalue weighted by atomic mass is 16.5. The van der Waals surface area contributed by atoms with E-state index in [4.69, 9.17) is 9.47 Å². The van der Waals surface area contributed by atoms with E-state index >= 15 is 0 Å². The highest BCUT2D eigenvalue weighted by Crippen LogP contribution is 2.37. The molecule has 4 nitrogen and oxygen atoms in total. The van der Waals surface area contributed by atoms with E-state index in [2.05, 4.69) is 41.3 Å². The molecule has 3 rings (SSSR count). The normalized spacial score (nSPS) is 17.2. The van der Waals surface area contributed by atoms with Gasteiger partial charge in [0.05, 0.1) is 26.5 Å². The van der Waals surface area contributed by atoms with Crippen LogP contribution in [-0.4, -0.2) is 32.0 Å². The van der Waals surface area contributed by atoms with Crippen molar-refractivity contribution in [1.82, 2.24) is 5.01 Å². The summed E-state index contributed by atoms with van der Waals surface area (Å²) in [5.74, 6) is 1.56. The smallest absolute Gasteiger partial charge is 0.161 e. The van der Waals surface area contributed by atoms with Crippen molar-refractivity contribution in [3.05, 3.63) is 59.2 Å². The van der Waals surface area contributed by atoms with Crippen molar-refractivity contribution >= 4 is 6.21 Å². The van der Waals surface area contributed by atoms with Crippen molar-refractivity contribution in [3.8, 4) is 11.5 Å². The van der Waals surface area contributed by atoms with Crippen LogP contribution in [0.3, 0.4) is 0 Å². The number of hydrogen-bond donors (Lipinski definition) is 0. The van der Waals surface area contributed by atoms with Crippen LogP contribution in [0.1, 0.15) is 29.7 Å². The Bertz CT molecular complexity index is 698. The molecule has 1 heterocycles. The predicted octanol–water partition coefficient (Wildman–Crippen LogP) is 3.66. The van der Waals surface area contributed by atoms with E-state index in [0.29, 0.717) is 0 Å². The van der Waals surface area contributed by atoms with Crippen molar-refractivity contribution in [2.75, 3.05) is 20.8 Å². The number of fused-ring (bicyclic) bond motifs is 1. The molecule has 0 amide bonds. The SMILES string of the molecule is COc1cc2c(cc1OC)[C@@H](C)N(/N=C\c1ccccc1)CC2. The second kappa shape index (κ2) is 6.73. The number of methoxy groups -OCH3 is 2. The highest BCUT2D eigenvalue weighted by Gasteiger charge is 2.24. The molecule has 0 aliphatic carbocycles. The van der Waals surface area contributed by atoms with Gasteiger partial charge in [0.2, 0.25) is 0 Å². The van der Waals surface area contributed by atoms with Crippen LogP contribution in [-0.2, 0) is 6.42 Å². The van der Waals surface area contributed by atoms with Crippen LogP contribution < -0.4 is 9.47 Å². The van der Waals surface area contributed by atoms with E-state index in [1.807, 2.05) is 24.4 Å². The Labute approximate surface area is 137 Å². The fourth-order valence-electron chi connectivity index (χ4n) is 2.97. The van der Waals surface area contributed by atoms with Crippen LogP contribution in [0.5, 0.6) is 11.5 Å². The van der Waals surface area contributed by atoms with Crippen molar-refractivity contribution in [2.45, 2.75) is 19.4 Å². The average Bonchev–Trinajstić information content (AvgIpc) is 2.61. The molecule has 23 heavy (non-hydrogen) atoms. The lowest BCUT2D eigenvalue weighted by Crippen LogP contribution is -2.30. The summed E-state index contributed by atoms with van der Waals surface area (Å²) in [4.78, 5) is 0. The largest absolute Gasteiger partial charge is 0.493 e. The van der Waals surface area contributed by atoms with Gasteiger partial charge in [0.15, 0.2) is 11.5 Å². The van der Waals surface area contributed by atoms with Crippen LogP contribution in [0.4, 0.5) is 0 Å². The first-order chi connectivity index (χ1) is 11.2. The molecule has 0 aromatic heterocycles. The summed E-state index contributed by atoms with van der Waals surface area (Å²) < 4.78 is 10.8. The summed E-state index contributed by atoms with van der Waals surface area (Å²) in [5.41, 5.74) is 3.67. The molecule has 1 aliphatic rings. The molecule has 2 aromatic rings. The summed E-state index contributed by atoms with van der Waals surface area (Å²) in [5, 5.41) is 6.79. The second-order valence-electron chi connectivity index (χ2n) is 5.65. The van der Waals surface area contributed by atoms with Crippen molar-refractivity contribution in [1.29, 1.82) is 0 Å². The Morgan fingerprint density at radius 3 is 2.48 bits per heavy atom. The fourth-order valence-corrected chi connectivity index (χ4v) is 2.97. The van der Waals surface area contributed by atoms with Crippen molar-refractivity contribution < 1.29 is 9.47 Å². The minimum absolute atomic E-state index is 0.207. The monoisotopic (exact) mass is 310 g/mol. The lowest BCUT2D eigenvalue weighted by Gasteiger charge is -2.33. The first-order valence-corrected chi connectivity index (χ1v) is 7.83. The maximum absolute atomic E-state index is 5.43. The van der Waals surface area contributed by atoms with E-state index in [-0.39, 0.29) is 6.04 Å². The molecule has 0 N–H and O–H groups in total. The van der Waals surface area contributed by atoms with Gasteiger partial charge in [0, 0.05) is 6.54 Å². The summed E-state index contributed by atoms with van der Waals surface area (Å²) in [7, 11) is 3.34. The fraction of sp³-hybridized carbons (Fsp3) is 0.316. The Balaban J connectivity index is 1.85. The van der Waals surface area contributed by atoms with Gasteiger partial charge in [-0.3, -0.25) is 5.01 Å². The zero-order valence-corrected chi connectivity index (χ0v) is 13.8. The zero-order valence-electron chi connectivity index (χ0n) is 13.8. The number of ether oxygens (including phenoxy) is 2.